The fraction of sp³-hybridized carbons (Fsp3) is 1.00. The predicted molar refractivity (Wildman–Crippen MR) is 43.5 cm³/mol. The van der Waals surface area contributed by atoms with Crippen LogP contribution in [0.1, 0.15) is 13.3 Å². The molecule has 52 valence electrons. The second kappa shape index (κ2) is 4.42. The fourth-order valence-electron chi connectivity index (χ4n) is 1.50. The third-order valence-electron chi connectivity index (χ3n) is 1.99. The van der Waals surface area contributed by atoms with Gasteiger partial charge in [0.1, 0.15) is 0 Å². The van der Waals surface area contributed by atoms with Gasteiger partial charge in [0, 0.05) is 0 Å². The molecule has 0 saturated carbocycles. The van der Waals surface area contributed by atoms with Crippen molar-refractivity contribution >= 4 is 17.4 Å². The molecular formula is C7H16GaN. The molecule has 1 rings (SSSR count). The molecule has 0 aromatic carbocycles. The minimum atomic E-state index is 0.0539. The van der Waals surface area contributed by atoms with Gasteiger partial charge in [0.05, 0.1) is 0 Å². The third-order valence-corrected chi connectivity index (χ3v) is 5.41. The van der Waals surface area contributed by atoms with E-state index in [1.165, 1.54) is 26.1 Å². The molecule has 0 atom stereocenters. The summed E-state index contributed by atoms with van der Waals surface area (Å²) in [6, 6.07) is 0. The van der Waals surface area contributed by atoms with Gasteiger partial charge in [-0.05, 0) is 0 Å². The maximum atomic E-state index is 2.62. The van der Waals surface area contributed by atoms with Gasteiger partial charge in [-0.25, -0.2) is 0 Å². The van der Waals surface area contributed by atoms with Crippen LogP contribution >= 0.6 is 0 Å². The van der Waals surface area contributed by atoms with Crippen LogP contribution in [0.25, 0.3) is 0 Å². The van der Waals surface area contributed by atoms with Crippen molar-refractivity contribution < 1.29 is 0 Å². The van der Waals surface area contributed by atoms with Crippen LogP contribution in [-0.4, -0.2) is 41.9 Å². The molecule has 1 nitrogen and oxygen atoms in total. The van der Waals surface area contributed by atoms with E-state index >= 15 is 0 Å². The van der Waals surface area contributed by atoms with Crippen LogP contribution in [0.3, 0.4) is 0 Å². The van der Waals surface area contributed by atoms with E-state index in [2.05, 4.69) is 11.8 Å². The van der Waals surface area contributed by atoms with Gasteiger partial charge in [-0.1, -0.05) is 0 Å². The van der Waals surface area contributed by atoms with E-state index in [1.54, 1.807) is 9.95 Å². The van der Waals surface area contributed by atoms with Crippen LogP contribution in [-0.2, 0) is 0 Å². The van der Waals surface area contributed by atoms with E-state index in [-0.39, 0.29) is 17.4 Å². The van der Waals surface area contributed by atoms with Crippen LogP contribution < -0.4 is 0 Å². The molecule has 0 amide bonds. The summed E-state index contributed by atoms with van der Waals surface area (Å²) in [4.78, 5) is 5.86. The zero-order valence-electron chi connectivity index (χ0n) is 6.40. The Morgan fingerprint density at radius 2 is 2.00 bits per heavy atom. The van der Waals surface area contributed by atoms with Crippen molar-refractivity contribution in [3.8, 4) is 0 Å². The molecule has 0 bridgehead atoms. The Balaban J connectivity index is 2.08. The summed E-state index contributed by atoms with van der Waals surface area (Å²) in [5, 5.41) is 0. The second-order valence-corrected chi connectivity index (χ2v) is 7.35. The molecule has 1 fully saturated rings. The zero-order valence-corrected chi connectivity index (χ0v) is 9.36. The molecule has 0 radical (unpaired) electrons. The van der Waals surface area contributed by atoms with E-state index in [4.69, 9.17) is 0 Å². The molecule has 0 spiro atoms. The van der Waals surface area contributed by atoms with Crippen molar-refractivity contribution in [1.29, 1.82) is 0 Å². The molecule has 1 saturated heterocycles. The predicted octanol–water partition coefficient (Wildman–Crippen LogP) is 0.985. The van der Waals surface area contributed by atoms with Crippen molar-refractivity contribution in [2.45, 2.75) is 23.3 Å². The van der Waals surface area contributed by atoms with E-state index in [9.17, 15) is 0 Å². The van der Waals surface area contributed by atoms with Gasteiger partial charge in [0.2, 0.25) is 0 Å². The number of hydrogen-bond donors (Lipinski definition) is 0. The van der Waals surface area contributed by atoms with Crippen LogP contribution in [0.2, 0.25) is 9.95 Å². The number of rotatable bonds is 2. The van der Waals surface area contributed by atoms with Gasteiger partial charge in [0.25, 0.3) is 0 Å². The Morgan fingerprint density at radius 1 is 1.33 bits per heavy atom. The summed E-state index contributed by atoms with van der Waals surface area (Å²) in [7, 11) is 0. The SMILES string of the molecule is CCCN1C[CH2][GaH][CH2]C1. The van der Waals surface area contributed by atoms with Crippen molar-refractivity contribution in [3.05, 3.63) is 0 Å². The molecule has 2 heteroatoms. The van der Waals surface area contributed by atoms with Crippen molar-refractivity contribution in [2.75, 3.05) is 19.6 Å². The quantitative estimate of drug-likeness (QED) is 0.578. The molecule has 0 unspecified atom stereocenters. The molecular weight excluding hydrogens is 168 g/mol. The van der Waals surface area contributed by atoms with Gasteiger partial charge < -0.3 is 0 Å². The van der Waals surface area contributed by atoms with Crippen LogP contribution in [0.5, 0.6) is 0 Å². The first kappa shape index (κ1) is 7.70. The van der Waals surface area contributed by atoms with Gasteiger partial charge in [-0.3, -0.25) is 0 Å². The summed E-state index contributed by atoms with van der Waals surface area (Å²) in [6.45, 7) is 6.50. The Labute approximate surface area is 65.6 Å². The first-order valence-corrected chi connectivity index (χ1v) is 8.35. The Hall–Kier alpha value is 0.596. The van der Waals surface area contributed by atoms with Crippen molar-refractivity contribution in [2.24, 2.45) is 0 Å². The Bertz CT molecular complexity index is 66.6. The van der Waals surface area contributed by atoms with Gasteiger partial charge in [-0.2, -0.15) is 0 Å². The van der Waals surface area contributed by atoms with Crippen LogP contribution in [0.15, 0.2) is 0 Å². The summed E-state index contributed by atoms with van der Waals surface area (Å²) < 4.78 is 0. The minimum absolute atomic E-state index is 0.0539. The summed E-state index contributed by atoms with van der Waals surface area (Å²) in [5.41, 5.74) is 0. The Morgan fingerprint density at radius 3 is 2.56 bits per heavy atom. The standard InChI is InChI=1S/C7H15N.Ga.H/c1-4-7-8(5-2)6-3;;/h2-7H2,1H3;;. The van der Waals surface area contributed by atoms with E-state index in [0.717, 1.165) is 0 Å². The van der Waals surface area contributed by atoms with Crippen LogP contribution in [0.4, 0.5) is 0 Å². The summed E-state index contributed by atoms with van der Waals surface area (Å²) >= 11 is 0.0539. The first-order valence-electron chi connectivity index (χ1n) is 4.16. The third kappa shape index (κ3) is 2.78. The molecule has 0 N–H and O–H groups in total. The number of hydrogen-bond acceptors (Lipinski definition) is 1. The maximum absolute atomic E-state index is 2.62. The monoisotopic (exact) mass is 183 g/mol. The molecule has 0 aromatic rings. The zero-order chi connectivity index (χ0) is 6.53. The molecule has 0 aliphatic carbocycles. The normalized spacial score (nSPS) is 21.4. The van der Waals surface area contributed by atoms with E-state index in [0.29, 0.717) is 0 Å². The molecule has 1 aliphatic heterocycles. The van der Waals surface area contributed by atoms with Gasteiger partial charge >= 0.3 is 65.2 Å². The van der Waals surface area contributed by atoms with Gasteiger partial charge in [0.15, 0.2) is 0 Å². The van der Waals surface area contributed by atoms with E-state index in [1.807, 2.05) is 0 Å². The Kier molecular flexibility index (Phi) is 3.78. The average molecular weight is 184 g/mol. The second-order valence-electron chi connectivity index (χ2n) is 2.90. The molecule has 9 heavy (non-hydrogen) atoms. The van der Waals surface area contributed by atoms with Gasteiger partial charge in [-0.15, -0.1) is 0 Å². The number of nitrogens with zero attached hydrogens (tertiary/aromatic N) is 1. The molecule has 1 heterocycles. The topological polar surface area (TPSA) is 3.24 Å². The fourth-order valence-corrected chi connectivity index (χ4v) is 5.06. The van der Waals surface area contributed by atoms with E-state index < -0.39 is 0 Å². The summed E-state index contributed by atoms with van der Waals surface area (Å²) in [5.74, 6) is 0. The summed E-state index contributed by atoms with van der Waals surface area (Å²) in [6.07, 6.45) is 1.34. The average Bonchev–Trinajstić information content (AvgIpc) is 1.91. The van der Waals surface area contributed by atoms with Crippen molar-refractivity contribution in [1.82, 2.24) is 4.90 Å². The van der Waals surface area contributed by atoms with Crippen LogP contribution in [0, 0.1) is 0 Å². The van der Waals surface area contributed by atoms with Crippen molar-refractivity contribution in [3.63, 3.8) is 0 Å². The first-order chi connectivity index (χ1) is 4.43. The molecule has 0 aromatic heterocycles. The molecule has 1 aliphatic rings.